The van der Waals surface area contributed by atoms with Gasteiger partial charge in [-0.1, -0.05) is 56.6 Å². The minimum Gasteiger partial charge on any atom is -0.343 e. The molecule has 0 fully saturated rings. The Morgan fingerprint density at radius 3 is 2.42 bits per heavy atom. The number of amides is 1. The third kappa shape index (κ3) is 3.94. The van der Waals surface area contributed by atoms with Crippen LogP contribution in [0.25, 0.3) is 5.65 Å². The smallest absolute Gasteiger partial charge is 0.292 e. The fourth-order valence-corrected chi connectivity index (χ4v) is 2.77. The highest BCUT2D eigenvalue weighted by Crippen LogP contribution is 2.22. The zero-order valence-corrected chi connectivity index (χ0v) is 15.7. The molecule has 3 aromatic rings. The van der Waals surface area contributed by atoms with Gasteiger partial charge >= 0.3 is 0 Å². The molecule has 26 heavy (non-hydrogen) atoms. The van der Waals surface area contributed by atoms with Gasteiger partial charge in [-0.25, -0.2) is 4.98 Å². The quantitative estimate of drug-likeness (QED) is 0.562. The lowest BCUT2D eigenvalue weighted by atomic mass is 9.86. The van der Waals surface area contributed by atoms with Crippen LogP contribution in [0.5, 0.6) is 0 Å². The lowest BCUT2D eigenvalue weighted by Gasteiger charge is -2.18. The molecule has 3 rings (SSSR count). The maximum Gasteiger partial charge on any atom is 0.292 e. The summed E-state index contributed by atoms with van der Waals surface area (Å²) in [5, 5.41) is 3.22. The first-order valence-corrected chi connectivity index (χ1v) is 8.68. The van der Waals surface area contributed by atoms with Crippen LogP contribution in [0.2, 0.25) is 5.02 Å². The van der Waals surface area contributed by atoms with Gasteiger partial charge in [0.15, 0.2) is 0 Å². The minimum atomic E-state index is -0.649. The van der Waals surface area contributed by atoms with E-state index in [1.165, 1.54) is 0 Å². The fourth-order valence-electron chi connectivity index (χ4n) is 2.61. The normalized spacial score (nSPS) is 11.5. The number of hydrogen-bond acceptors (Lipinski definition) is 3. The summed E-state index contributed by atoms with van der Waals surface area (Å²) >= 11 is 5.94. The van der Waals surface area contributed by atoms with Crippen molar-refractivity contribution in [2.75, 3.05) is 0 Å². The average Bonchev–Trinajstić information content (AvgIpc) is 3.00. The number of fused-ring (bicyclic) bond motifs is 1. The third-order valence-electron chi connectivity index (χ3n) is 4.11. The van der Waals surface area contributed by atoms with Crippen molar-refractivity contribution in [2.45, 2.75) is 32.7 Å². The van der Waals surface area contributed by atoms with Crippen LogP contribution in [-0.4, -0.2) is 21.1 Å². The summed E-state index contributed by atoms with van der Waals surface area (Å²) in [6.07, 6.45) is 3.50. The highest BCUT2D eigenvalue weighted by atomic mass is 35.5. The molecular formula is C20H20ClN3O2. The first-order chi connectivity index (χ1) is 12.2. The number of ketones is 1. The van der Waals surface area contributed by atoms with Crippen molar-refractivity contribution in [3.05, 3.63) is 70.6 Å². The van der Waals surface area contributed by atoms with Crippen LogP contribution in [-0.2, 0) is 16.8 Å². The van der Waals surface area contributed by atoms with E-state index in [2.05, 4.69) is 31.1 Å². The van der Waals surface area contributed by atoms with Crippen molar-refractivity contribution in [1.82, 2.24) is 14.7 Å². The zero-order chi connectivity index (χ0) is 18.9. The molecule has 0 aliphatic rings. The van der Waals surface area contributed by atoms with Crippen molar-refractivity contribution >= 4 is 28.9 Å². The van der Waals surface area contributed by atoms with E-state index in [9.17, 15) is 9.59 Å². The van der Waals surface area contributed by atoms with Gasteiger partial charge in [-0.05, 0) is 23.1 Å². The molecule has 6 heteroatoms. The first kappa shape index (κ1) is 18.1. The van der Waals surface area contributed by atoms with Gasteiger partial charge in [0.2, 0.25) is 5.78 Å². The number of pyridine rings is 1. The second-order valence-electron chi connectivity index (χ2n) is 7.18. The summed E-state index contributed by atoms with van der Waals surface area (Å²) in [4.78, 5) is 28.8. The fraction of sp³-hybridized carbons (Fsp3) is 0.250. The molecular weight excluding hydrogens is 350 g/mol. The molecule has 0 spiro atoms. The summed E-state index contributed by atoms with van der Waals surface area (Å²) in [7, 11) is 0. The van der Waals surface area contributed by atoms with Gasteiger partial charge in [-0.15, -0.1) is 0 Å². The Bertz CT molecular complexity index is 969. The summed E-state index contributed by atoms with van der Waals surface area (Å²) in [5.41, 5.74) is 2.85. The largest absolute Gasteiger partial charge is 0.343 e. The number of Topliss-reactive ketones (excluding diaryl/α,β-unsaturated/α-hetero) is 1. The Kier molecular flexibility index (Phi) is 4.83. The molecule has 0 bridgehead atoms. The van der Waals surface area contributed by atoms with Crippen LogP contribution in [0, 0.1) is 0 Å². The molecule has 0 aliphatic heterocycles. The van der Waals surface area contributed by atoms with Crippen LogP contribution < -0.4 is 5.32 Å². The molecule has 0 atom stereocenters. The minimum absolute atomic E-state index is 0.00411. The van der Waals surface area contributed by atoms with Gasteiger partial charge in [0.1, 0.15) is 5.65 Å². The Morgan fingerprint density at radius 1 is 1.08 bits per heavy atom. The number of nitrogens with one attached hydrogen (secondary N) is 1. The Morgan fingerprint density at radius 2 is 1.77 bits per heavy atom. The van der Waals surface area contributed by atoms with E-state index >= 15 is 0 Å². The van der Waals surface area contributed by atoms with Gasteiger partial charge < -0.3 is 9.72 Å². The van der Waals surface area contributed by atoms with E-state index in [1.807, 2.05) is 12.1 Å². The zero-order valence-electron chi connectivity index (χ0n) is 14.9. The highest BCUT2D eigenvalue weighted by Gasteiger charge is 2.18. The van der Waals surface area contributed by atoms with Crippen LogP contribution in [0.15, 0.2) is 48.8 Å². The van der Waals surface area contributed by atoms with E-state index in [1.54, 1.807) is 41.1 Å². The summed E-state index contributed by atoms with van der Waals surface area (Å²) < 4.78 is 1.77. The molecule has 2 aromatic heterocycles. The van der Waals surface area contributed by atoms with Gasteiger partial charge in [-0.2, -0.15) is 0 Å². The maximum atomic E-state index is 12.3. The monoisotopic (exact) mass is 369 g/mol. The van der Waals surface area contributed by atoms with Gasteiger partial charge in [-0.3, -0.25) is 9.59 Å². The molecule has 1 N–H and O–H groups in total. The summed E-state index contributed by atoms with van der Waals surface area (Å²) in [6.45, 7) is 6.46. The van der Waals surface area contributed by atoms with Crippen molar-refractivity contribution in [3.8, 4) is 0 Å². The number of hydrogen-bond donors (Lipinski definition) is 1. The van der Waals surface area contributed by atoms with Gasteiger partial charge in [0, 0.05) is 18.0 Å². The predicted molar refractivity (Wildman–Crippen MR) is 102 cm³/mol. The highest BCUT2D eigenvalue weighted by molar-refractivity contribution is 6.42. The van der Waals surface area contributed by atoms with E-state index in [0.717, 1.165) is 11.2 Å². The van der Waals surface area contributed by atoms with E-state index in [-0.39, 0.29) is 12.0 Å². The van der Waals surface area contributed by atoms with Crippen LogP contribution in [0.4, 0.5) is 0 Å². The Labute approximate surface area is 157 Å². The molecule has 0 radical (unpaired) electrons. The van der Waals surface area contributed by atoms with Crippen LogP contribution in [0.1, 0.15) is 42.4 Å². The number of rotatable bonds is 4. The topological polar surface area (TPSA) is 63.5 Å². The number of halogens is 1. The van der Waals surface area contributed by atoms with Crippen LogP contribution in [0.3, 0.4) is 0 Å². The van der Waals surface area contributed by atoms with Crippen molar-refractivity contribution in [2.24, 2.45) is 0 Å². The molecule has 0 unspecified atom stereocenters. The number of nitrogens with zero attached hydrogens (tertiary/aromatic N) is 2. The van der Waals surface area contributed by atoms with Gasteiger partial charge in [0.25, 0.3) is 5.91 Å². The number of aromatic nitrogens is 2. The Balaban J connectivity index is 1.66. The predicted octanol–water partition coefficient (Wildman–Crippen LogP) is 3.78. The summed E-state index contributed by atoms with van der Waals surface area (Å²) in [6, 6.07) is 10.7. The van der Waals surface area contributed by atoms with E-state index < -0.39 is 11.7 Å². The molecule has 1 amide bonds. The van der Waals surface area contributed by atoms with E-state index in [4.69, 9.17) is 11.6 Å². The SMILES string of the molecule is CC(C)(C)c1ccc(C(=O)C(=O)NCc2cn3cc(Cl)ccc3n2)cc1. The molecule has 0 saturated carbocycles. The second kappa shape index (κ2) is 6.92. The molecule has 5 nitrogen and oxygen atoms in total. The molecule has 2 heterocycles. The number of imidazole rings is 1. The van der Waals surface area contributed by atoms with Crippen molar-refractivity contribution in [1.29, 1.82) is 0 Å². The summed E-state index contributed by atoms with van der Waals surface area (Å²) in [5.74, 6) is -1.21. The number of benzene rings is 1. The molecule has 0 aliphatic carbocycles. The molecule has 134 valence electrons. The van der Waals surface area contributed by atoms with Crippen LogP contribution >= 0.6 is 11.6 Å². The molecule has 0 saturated heterocycles. The van der Waals surface area contributed by atoms with Crippen molar-refractivity contribution in [3.63, 3.8) is 0 Å². The number of carbonyl (C=O) groups excluding carboxylic acids is 2. The van der Waals surface area contributed by atoms with Gasteiger partial charge in [0.05, 0.1) is 17.3 Å². The maximum absolute atomic E-state index is 12.3. The average molecular weight is 370 g/mol. The Hall–Kier alpha value is -2.66. The molecule has 1 aromatic carbocycles. The number of carbonyl (C=O) groups is 2. The standard InChI is InChI=1S/C20H20ClN3O2/c1-20(2,3)14-6-4-13(5-7-14)18(25)19(26)22-10-16-12-24-11-15(21)8-9-17(24)23-16/h4-9,11-12H,10H2,1-3H3,(H,22,26). The second-order valence-corrected chi connectivity index (χ2v) is 7.62. The lowest BCUT2D eigenvalue weighted by molar-refractivity contribution is -0.117. The van der Waals surface area contributed by atoms with E-state index in [0.29, 0.717) is 16.3 Å². The third-order valence-corrected chi connectivity index (χ3v) is 4.34. The first-order valence-electron chi connectivity index (χ1n) is 8.30. The van der Waals surface area contributed by atoms with Crippen molar-refractivity contribution < 1.29 is 9.59 Å². The lowest BCUT2D eigenvalue weighted by Crippen LogP contribution is -2.30.